The van der Waals surface area contributed by atoms with Crippen LogP contribution in [-0.4, -0.2) is 21.4 Å². The van der Waals surface area contributed by atoms with Crippen molar-refractivity contribution >= 4 is 0 Å². The fraction of sp³-hybridized carbons (Fsp3) is 0.407. The molecule has 3 aromatic rings. The van der Waals surface area contributed by atoms with Crippen molar-refractivity contribution in [3.05, 3.63) is 82.9 Å². The number of fused-ring (bicyclic) bond motifs is 4. The van der Waals surface area contributed by atoms with E-state index in [0.717, 1.165) is 25.9 Å². The van der Waals surface area contributed by atoms with Crippen molar-refractivity contribution in [3.63, 3.8) is 0 Å². The lowest BCUT2D eigenvalue weighted by Gasteiger charge is -2.35. The van der Waals surface area contributed by atoms with Crippen LogP contribution in [0.3, 0.4) is 0 Å². The number of aromatic nitrogens is 2. The third-order valence-corrected chi connectivity index (χ3v) is 6.83. The molecule has 154 valence electrons. The zero-order chi connectivity index (χ0) is 20.3. The smallest absolute Gasteiger partial charge is 0.0607 e. The third-order valence-electron chi connectivity index (χ3n) is 6.83. The van der Waals surface area contributed by atoms with Gasteiger partial charge in [-0.25, -0.2) is 0 Å². The van der Waals surface area contributed by atoms with Gasteiger partial charge in [-0.3, -0.25) is 14.9 Å². The first kappa shape index (κ1) is 19.4. The van der Waals surface area contributed by atoms with Crippen molar-refractivity contribution in [2.45, 2.75) is 64.5 Å². The van der Waals surface area contributed by atoms with E-state index in [4.69, 9.17) is 9.97 Å². The van der Waals surface area contributed by atoms with Crippen LogP contribution in [0.15, 0.2) is 54.9 Å². The maximum absolute atomic E-state index is 4.89. The summed E-state index contributed by atoms with van der Waals surface area (Å²) >= 11 is 0. The summed E-state index contributed by atoms with van der Waals surface area (Å²) in [5.41, 5.74) is 9.62. The predicted octanol–water partition coefficient (Wildman–Crippen LogP) is 6.12. The summed E-state index contributed by atoms with van der Waals surface area (Å²) in [5, 5.41) is 0. The van der Waals surface area contributed by atoms with E-state index < -0.39 is 0 Å². The van der Waals surface area contributed by atoms with Crippen molar-refractivity contribution in [2.24, 2.45) is 0 Å². The van der Waals surface area contributed by atoms with Crippen molar-refractivity contribution in [3.8, 4) is 11.1 Å². The first-order valence-electron chi connectivity index (χ1n) is 11.6. The minimum atomic E-state index is 0.410. The van der Waals surface area contributed by atoms with Crippen molar-refractivity contribution < 1.29 is 0 Å². The van der Waals surface area contributed by atoms with Gasteiger partial charge < -0.3 is 0 Å². The zero-order valence-corrected chi connectivity index (χ0v) is 18.0. The van der Waals surface area contributed by atoms with Gasteiger partial charge in [-0.1, -0.05) is 50.1 Å². The number of benzene rings is 1. The molecule has 3 nitrogen and oxygen atoms in total. The summed E-state index contributed by atoms with van der Waals surface area (Å²) in [7, 11) is 0. The molecule has 3 heteroatoms. The van der Waals surface area contributed by atoms with Gasteiger partial charge in [-0.05, 0) is 72.2 Å². The highest BCUT2D eigenvalue weighted by molar-refractivity contribution is 5.77. The summed E-state index contributed by atoms with van der Waals surface area (Å²) in [4.78, 5) is 12.4. The molecule has 2 aliphatic rings. The van der Waals surface area contributed by atoms with Crippen LogP contribution >= 0.6 is 0 Å². The predicted molar refractivity (Wildman–Crippen MR) is 122 cm³/mol. The Bertz CT molecular complexity index is 1030. The lowest BCUT2D eigenvalue weighted by Crippen LogP contribution is -2.33. The van der Waals surface area contributed by atoms with Gasteiger partial charge >= 0.3 is 0 Å². The van der Waals surface area contributed by atoms with E-state index in [1.54, 1.807) is 0 Å². The Kier molecular flexibility index (Phi) is 5.63. The average molecular weight is 398 g/mol. The van der Waals surface area contributed by atoms with Crippen LogP contribution in [0.1, 0.15) is 73.1 Å². The molecule has 0 spiro atoms. The van der Waals surface area contributed by atoms with Gasteiger partial charge in [-0.15, -0.1) is 0 Å². The first-order chi connectivity index (χ1) is 14.8. The second kappa shape index (κ2) is 8.69. The van der Waals surface area contributed by atoms with Gasteiger partial charge in [0.1, 0.15) is 0 Å². The first-order valence-corrected chi connectivity index (χ1v) is 11.6. The summed E-state index contributed by atoms with van der Waals surface area (Å²) < 4.78 is 0. The lowest BCUT2D eigenvalue weighted by atomic mass is 9.90. The highest BCUT2D eigenvalue weighted by atomic mass is 15.2. The molecule has 0 saturated heterocycles. The second-order valence-corrected chi connectivity index (χ2v) is 8.75. The molecule has 0 bridgehead atoms. The molecule has 1 unspecified atom stereocenters. The number of aryl methyl sites for hydroxylation is 1. The van der Waals surface area contributed by atoms with E-state index in [9.17, 15) is 0 Å². The number of nitrogens with zero attached hydrogens (tertiary/aromatic N) is 3. The van der Waals surface area contributed by atoms with Crippen LogP contribution in [-0.2, 0) is 19.4 Å². The molecular weight excluding hydrogens is 366 g/mol. The van der Waals surface area contributed by atoms with Crippen LogP contribution < -0.4 is 0 Å². The Morgan fingerprint density at radius 1 is 0.933 bits per heavy atom. The Morgan fingerprint density at radius 2 is 1.83 bits per heavy atom. The normalized spacial score (nSPS) is 16.9. The van der Waals surface area contributed by atoms with Gasteiger partial charge in [0, 0.05) is 25.4 Å². The highest BCUT2D eigenvalue weighted by Gasteiger charge is 2.29. The Morgan fingerprint density at radius 3 is 2.77 bits per heavy atom. The Hall–Kier alpha value is -2.52. The summed E-state index contributed by atoms with van der Waals surface area (Å²) in [6, 6.07) is 15.8. The van der Waals surface area contributed by atoms with Crippen LogP contribution in [0.25, 0.3) is 11.1 Å². The Balaban J connectivity index is 1.46. The number of hydrogen-bond acceptors (Lipinski definition) is 3. The van der Waals surface area contributed by atoms with Crippen LogP contribution in [0.2, 0.25) is 0 Å². The fourth-order valence-electron chi connectivity index (χ4n) is 5.29. The molecule has 30 heavy (non-hydrogen) atoms. The molecule has 2 aliphatic carbocycles. The molecule has 1 aromatic carbocycles. The number of pyridine rings is 2. The summed E-state index contributed by atoms with van der Waals surface area (Å²) in [5.74, 6) is 0. The molecule has 0 N–H and O–H groups in total. The van der Waals surface area contributed by atoms with E-state index >= 15 is 0 Å². The average Bonchev–Trinajstić information content (AvgIpc) is 3.18. The van der Waals surface area contributed by atoms with E-state index in [0.29, 0.717) is 6.04 Å². The molecule has 2 aromatic heterocycles. The van der Waals surface area contributed by atoms with Crippen LogP contribution in [0, 0.1) is 0 Å². The highest BCUT2D eigenvalue weighted by Crippen LogP contribution is 2.39. The molecular formula is C27H31N3. The molecule has 0 aliphatic heterocycles. The monoisotopic (exact) mass is 397 g/mol. The minimum Gasteiger partial charge on any atom is -0.289 e. The molecule has 1 atom stereocenters. The molecule has 2 heterocycles. The van der Waals surface area contributed by atoms with E-state index in [1.807, 2.05) is 12.4 Å². The van der Waals surface area contributed by atoms with Crippen LogP contribution in [0.5, 0.6) is 0 Å². The number of hydrogen-bond donors (Lipinski definition) is 0. The fourth-order valence-corrected chi connectivity index (χ4v) is 5.29. The molecule has 0 amide bonds. The maximum Gasteiger partial charge on any atom is 0.0607 e. The van der Waals surface area contributed by atoms with Gasteiger partial charge in [0.25, 0.3) is 0 Å². The van der Waals surface area contributed by atoms with Gasteiger partial charge in [0.15, 0.2) is 0 Å². The van der Waals surface area contributed by atoms with Crippen molar-refractivity contribution in [1.82, 2.24) is 14.9 Å². The SMILES string of the molecule is CCCCCN(Cc1nccc2c1Cc1ccccc1-2)C1CCCc2cccnc21. The lowest BCUT2D eigenvalue weighted by molar-refractivity contribution is 0.160. The van der Waals surface area contributed by atoms with Gasteiger partial charge in [0.2, 0.25) is 0 Å². The third kappa shape index (κ3) is 3.67. The van der Waals surface area contributed by atoms with Crippen molar-refractivity contribution in [2.75, 3.05) is 6.54 Å². The number of rotatable bonds is 7. The molecule has 5 rings (SSSR count). The topological polar surface area (TPSA) is 29.0 Å². The summed E-state index contributed by atoms with van der Waals surface area (Å²) in [6.45, 7) is 4.32. The van der Waals surface area contributed by atoms with Gasteiger partial charge in [-0.2, -0.15) is 0 Å². The Labute approximate surface area is 180 Å². The van der Waals surface area contributed by atoms with E-state index in [1.165, 1.54) is 71.3 Å². The minimum absolute atomic E-state index is 0.410. The number of unbranched alkanes of at least 4 members (excludes halogenated alkanes) is 2. The van der Waals surface area contributed by atoms with Gasteiger partial charge in [0.05, 0.1) is 17.4 Å². The maximum atomic E-state index is 4.89. The quantitative estimate of drug-likeness (QED) is 0.352. The second-order valence-electron chi connectivity index (χ2n) is 8.75. The molecule has 0 fully saturated rings. The molecule has 0 radical (unpaired) electrons. The largest absolute Gasteiger partial charge is 0.289 e. The standard InChI is InChI=1S/C27H31N3/c1-2-3-6-17-30(26-13-7-10-20-11-8-15-29-27(20)26)19-25-24-18-21-9-4-5-12-22(21)23(24)14-16-28-25/h4-5,8-9,11-12,14-16,26H,2-3,6-7,10,13,17-19H2,1H3. The summed E-state index contributed by atoms with van der Waals surface area (Å²) in [6.07, 6.45) is 12.4. The van der Waals surface area contributed by atoms with Crippen molar-refractivity contribution in [1.29, 1.82) is 0 Å². The zero-order valence-electron chi connectivity index (χ0n) is 18.0. The van der Waals surface area contributed by atoms with Crippen LogP contribution in [0.4, 0.5) is 0 Å². The van der Waals surface area contributed by atoms with E-state index in [2.05, 4.69) is 54.3 Å². The van der Waals surface area contributed by atoms with E-state index in [-0.39, 0.29) is 0 Å². The molecule has 0 saturated carbocycles.